The van der Waals surface area contributed by atoms with Crippen LogP contribution in [-0.4, -0.2) is 46.3 Å². The minimum Gasteiger partial charge on any atom is -0.493 e. The Labute approximate surface area is 184 Å². The van der Waals surface area contributed by atoms with Gasteiger partial charge in [0.1, 0.15) is 17.2 Å². The molecule has 3 rings (SSSR count). The summed E-state index contributed by atoms with van der Waals surface area (Å²) in [6.45, 7) is 1.55. The largest absolute Gasteiger partial charge is 0.573 e. The van der Waals surface area contributed by atoms with Crippen molar-refractivity contribution in [1.82, 2.24) is 9.55 Å². The van der Waals surface area contributed by atoms with Crippen LogP contribution in [-0.2, 0) is 11.2 Å². The van der Waals surface area contributed by atoms with Crippen LogP contribution < -0.4 is 9.47 Å². The molecule has 0 amide bonds. The summed E-state index contributed by atoms with van der Waals surface area (Å²) in [6, 6.07) is 6.25. The van der Waals surface area contributed by atoms with Crippen molar-refractivity contribution in [2.75, 3.05) is 13.2 Å². The Balaban J connectivity index is 1.87. The molecule has 0 fully saturated rings. The average molecular weight is 473 g/mol. The second kappa shape index (κ2) is 9.35. The Hall–Kier alpha value is -3.47. The first kappa shape index (κ1) is 23.2. The molecule has 1 N–H and O–H groups in total. The van der Waals surface area contributed by atoms with E-state index in [1.54, 1.807) is 6.92 Å². The molecule has 2 heterocycles. The lowest BCUT2D eigenvalue weighted by atomic mass is 10.1. The zero-order valence-electron chi connectivity index (χ0n) is 16.5. The van der Waals surface area contributed by atoms with E-state index < -0.39 is 24.2 Å². The molecular formula is C20H16ClF3N2O6. The standard InChI is InChI=1S/C20H16ClF3N2O6/c1-2-30-19(29)26-15-13(7-9-25-17(15)21)14(16(26)18(27)28)8-10-31-11-3-5-12(6-4-11)32-20(22,23)24/h3-7,9H,2,8,10H2,1H3,(H,27,28). The molecule has 0 aliphatic rings. The van der Waals surface area contributed by atoms with E-state index in [4.69, 9.17) is 21.1 Å². The van der Waals surface area contributed by atoms with Crippen molar-refractivity contribution in [3.63, 3.8) is 0 Å². The highest BCUT2D eigenvalue weighted by atomic mass is 35.5. The first-order chi connectivity index (χ1) is 15.1. The van der Waals surface area contributed by atoms with E-state index in [9.17, 15) is 27.9 Å². The number of ether oxygens (including phenoxy) is 3. The highest BCUT2D eigenvalue weighted by molar-refractivity contribution is 6.34. The Morgan fingerprint density at radius 1 is 1.16 bits per heavy atom. The fourth-order valence-corrected chi connectivity index (χ4v) is 3.36. The van der Waals surface area contributed by atoms with Crippen molar-refractivity contribution >= 4 is 34.6 Å². The van der Waals surface area contributed by atoms with Crippen LogP contribution in [0.4, 0.5) is 18.0 Å². The van der Waals surface area contributed by atoms with Crippen LogP contribution in [0.2, 0.25) is 5.15 Å². The summed E-state index contributed by atoms with van der Waals surface area (Å²) < 4.78 is 51.9. The van der Waals surface area contributed by atoms with Crippen LogP contribution in [0, 0.1) is 0 Å². The van der Waals surface area contributed by atoms with Gasteiger partial charge in [-0.2, -0.15) is 0 Å². The van der Waals surface area contributed by atoms with E-state index >= 15 is 0 Å². The topological polar surface area (TPSA) is 99.9 Å². The maximum absolute atomic E-state index is 12.4. The molecular weight excluding hydrogens is 457 g/mol. The SMILES string of the molecule is CCOC(=O)n1c(C(=O)O)c(CCOc2ccc(OC(F)(F)F)cc2)c2ccnc(Cl)c21. The van der Waals surface area contributed by atoms with E-state index in [2.05, 4.69) is 9.72 Å². The second-order valence-electron chi connectivity index (χ2n) is 6.28. The molecule has 0 saturated heterocycles. The van der Waals surface area contributed by atoms with Gasteiger partial charge in [0.25, 0.3) is 0 Å². The molecule has 1 aromatic carbocycles. The number of halogens is 4. The number of carbonyl (C=O) groups excluding carboxylic acids is 1. The zero-order valence-corrected chi connectivity index (χ0v) is 17.2. The first-order valence-corrected chi connectivity index (χ1v) is 9.57. The van der Waals surface area contributed by atoms with Crippen molar-refractivity contribution < 1.29 is 42.1 Å². The van der Waals surface area contributed by atoms with Gasteiger partial charge in [-0.25, -0.2) is 19.1 Å². The maximum atomic E-state index is 12.4. The molecule has 3 aromatic rings. The summed E-state index contributed by atoms with van der Waals surface area (Å²) in [6.07, 6.45) is -4.31. The minimum absolute atomic E-state index is 0.0158. The van der Waals surface area contributed by atoms with E-state index in [-0.39, 0.29) is 47.3 Å². The monoisotopic (exact) mass is 472 g/mol. The van der Waals surface area contributed by atoms with Gasteiger partial charge < -0.3 is 19.3 Å². The fourth-order valence-electron chi connectivity index (χ4n) is 3.12. The summed E-state index contributed by atoms with van der Waals surface area (Å²) in [5.74, 6) is -1.54. The number of hydrogen-bond acceptors (Lipinski definition) is 6. The number of rotatable bonds is 7. The van der Waals surface area contributed by atoms with Crippen molar-refractivity contribution in [1.29, 1.82) is 0 Å². The fraction of sp³-hybridized carbons (Fsp3) is 0.250. The summed E-state index contributed by atoms with van der Waals surface area (Å²) in [5, 5.41) is 10.1. The predicted octanol–water partition coefficient (Wildman–Crippen LogP) is 4.91. The van der Waals surface area contributed by atoms with E-state index in [0.29, 0.717) is 5.39 Å². The van der Waals surface area contributed by atoms with Crippen LogP contribution in [0.3, 0.4) is 0 Å². The van der Waals surface area contributed by atoms with Crippen molar-refractivity contribution in [2.45, 2.75) is 19.7 Å². The van der Waals surface area contributed by atoms with Crippen LogP contribution in [0.5, 0.6) is 11.5 Å². The smallest absolute Gasteiger partial charge is 0.493 e. The van der Waals surface area contributed by atoms with Gasteiger partial charge in [0, 0.05) is 18.0 Å². The zero-order chi connectivity index (χ0) is 23.5. The highest BCUT2D eigenvalue weighted by Crippen LogP contribution is 2.31. The van der Waals surface area contributed by atoms with Gasteiger partial charge in [0.2, 0.25) is 0 Å². The molecule has 12 heteroatoms. The minimum atomic E-state index is -4.81. The van der Waals surface area contributed by atoms with Crippen LogP contribution >= 0.6 is 11.6 Å². The molecule has 2 aromatic heterocycles. The number of carboxylic acids is 1. The number of aromatic nitrogens is 2. The first-order valence-electron chi connectivity index (χ1n) is 9.19. The van der Waals surface area contributed by atoms with Crippen molar-refractivity contribution in [2.24, 2.45) is 0 Å². The summed E-state index contributed by atoms with van der Waals surface area (Å²) >= 11 is 6.13. The predicted molar refractivity (Wildman–Crippen MR) is 106 cm³/mol. The number of fused-ring (bicyclic) bond motifs is 1. The molecule has 0 aliphatic carbocycles. The van der Waals surface area contributed by atoms with Crippen LogP contribution in [0.25, 0.3) is 10.9 Å². The quantitative estimate of drug-likeness (QED) is 0.487. The summed E-state index contributed by atoms with van der Waals surface area (Å²) in [5.41, 5.74) is 0.0152. The number of pyridine rings is 1. The van der Waals surface area contributed by atoms with Gasteiger partial charge in [0.05, 0.1) is 18.7 Å². The number of nitrogens with zero attached hydrogens (tertiary/aromatic N) is 2. The van der Waals surface area contributed by atoms with Gasteiger partial charge >= 0.3 is 18.4 Å². The highest BCUT2D eigenvalue weighted by Gasteiger charge is 2.31. The molecule has 0 atom stereocenters. The molecule has 32 heavy (non-hydrogen) atoms. The summed E-state index contributed by atoms with van der Waals surface area (Å²) in [7, 11) is 0. The molecule has 0 saturated carbocycles. The molecule has 0 bridgehead atoms. The molecule has 0 unspecified atom stereocenters. The third-order valence-corrected chi connectivity index (χ3v) is 4.55. The molecule has 170 valence electrons. The number of hydrogen-bond donors (Lipinski definition) is 1. The molecule has 0 spiro atoms. The third kappa shape index (κ3) is 5.05. The van der Waals surface area contributed by atoms with Crippen molar-refractivity contribution in [3.8, 4) is 11.5 Å². The number of aromatic carboxylic acids is 1. The van der Waals surface area contributed by atoms with Gasteiger partial charge in [-0.1, -0.05) is 11.6 Å². The molecule has 0 radical (unpaired) electrons. The Bertz CT molecular complexity index is 1140. The lowest BCUT2D eigenvalue weighted by Crippen LogP contribution is -2.20. The maximum Gasteiger partial charge on any atom is 0.573 e. The Kier molecular flexibility index (Phi) is 6.78. The average Bonchev–Trinajstić information content (AvgIpc) is 3.04. The number of alkyl halides is 3. The van der Waals surface area contributed by atoms with E-state index in [1.807, 2.05) is 0 Å². The van der Waals surface area contributed by atoms with Crippen LogP contribution in [0.1, 0.15) is 23.0 Å². The third-order valence-electron chi connectivity index (χ3n) is 4.27. The van der Waals surface area contributed by atoms with E-state index in [1.165, 1.54) is 24.4 Å². The second-order valence-corrected chi connectivity index (χ2v) is 6.64. The number of carboxylic acid groups (broad SMARTS) is 1. The normalized spacial score (nSPS) is 11.4. The van der Waals surface area contributed by atoms with Gasteiger partial charge in [-0.05, 0) is 42.8 Å². The molecule has 8 nitrogen and oxygen atoms in total. The van der Waals surface area contributed by atoms with Crippen LogP contribution in [0.15, 0.2) is 36.5 Å². The van der Waals surface area contributed by atoms with Crippen molar-refractivity contribution in [3.05, 3.63) is 52.9 Å². The van der Waals surface area contributed by atoms with Gasteiger partial charge in [-0.15, -0.1) is 13.2 Å². The Morgan fingerprint density at radius 3 is 2.41 bits per heavy atom. The van der Waals surface area contributed by atoms with E-state index in [0.717, 1.165) is 16.7 Å². The summed E-state index contributed by atoms with van der Waals surface area (Å²) in [4.78, 5) is 28.3. The van der Waals surface area contributed by atoms with Gasteiger partial charge in [-0.3, -0.25) is 0 Å². The lowest BCUT2D eigenvalue weighted by molar-refractivity contribution is -0.274. The Morgan fingerprint density at radius 2 is 1.81 bits per heavy atom. The molecule has 0 aliphatic heterocycles. The lowest BCUT2D eigenvalue weighted by Gasteiger charge is -2.10. The van der Waals surface area contributed by atoms with Gasteiger partial charge in [0.15, 0.2) is 5.15 Å². The number of carbonyl (C=O) groups is 2. The number of benzene rings is 1.